The van der Waals surface area contributed by atoms with Crippen LogP contribution >= 0.6 is 12.4 Å². The summed E-state index contributed by atoms with van der Waals surface area (Å²) in [5, 5.41) is 6.11. The first-order valence-corrected chi connectivity index (χ1v) is 11.6. The predicted molar refractivity (Wildman–Crippen MR) is 128 cm³/mol. The van der Waals surface area contributed by atoms with Gasteiger partial charge in [0.05, 0.1) is 30.6 Å². The second kappa shape index (κ2) is 8.77. The molecule has 1 aromatic heterocycles. The van der Waals surface area contributed by atoms with Gasteiger partial charge in [0, 0.05) is 36.3 Å². The highest BCUT2D eigenvalue weighted by molar-refractivity contribution is 5.90. The maximum Gasteiger partial charge on any atom is 0.414 e. The van der Waals surface area contributed by atoms with Gasteiger partial charge in [-0.15, -0.1) is 12.4 Å². The molecule has 0 radical (unpaired) electrons. The fraction of sp³-hybridized carbons (Fsp3) is 0.440. The molecule has 4 atom stereocenters. The van der Waals surface area contributed by atoms with Crippen molar-refractivity contribution >= 4 is 30.1 Å². The Labute approximate surface area is 208 Å². The number of nitrogens with zero attached hydrogens (tertiary/aromatic N) is 3. The molecule has 0 bridgehead atoms. The number of carbonyl (C=O) groups is 2. The Kier molecular flexibility index (Phi) is 5.90. The standard InChI is InChI=1S/C25H24FN5O3.ClH/c1-27-25(19-11-28-12-20(19)25)22-7-4-15(9-29-22)18-6-5-16(8-21(18)26)31-13-17(34-24(31)33)10-30-23(32)14-2-3-14;/h4-9,14,17,19-20,28H,2-3,10-13H2,(H,30,32);1H/t17-,19-,20+,25?;/m0./s1. The topological polar surface area (TPSA) is 87.9 Å². The van der Waals surface area contributed by atoms with Gasteiger partial charge in [-0.1, -0.05) is 6.07 Å². The summed E-state index contributed by atoms with van der Waals surface area (Å²) in [7, 11) is 0. The smallest absolute Gasteiger partial charge is 0.414 e. The molecular weight excluding hydrogens is 473 g/mol. The number of halogens is 2. The molecule has 182 valence electrons. The summed E-state index contributed by atoms with van der Waals surface area (Å²) >= 11 is 0. The molecule has 2 aliphatic heterocycles. The van der Waals surface area contributed by atoms with Crippen LogP contribution in [0.5, 0.6) is 0 Å². The van der Waals surface area contributed by atoms with E-state index in [1.807, 2.05) is 6.07 Å². The highest BCUT2D eigenvalue weighted by atomic mass is 35.5. The molecule has 2 aromatic rings. The summed E-state index contributed by atoms with van der Waals surface area (Å²) in [5.74, 6) is 0.202. The molecule has 8 nitrogen and oxygen atoms in total. The molecule has 2 N–H and O–H groups in total. The van der Waals surface area contributed by atoms with Crippen LogP contribution < -0.4 is 15.5 Å². The van der Waals surface area contributed by atoms with Gasteiger partial charge in [0.25, 0.3) is 5.54 Å². The number of hydrogen-bond donors (Lipinski definition) is 2. The number of nitrogens with one attached hydrogen (secondary N) is 2. The van der Waals surface area contributed by atoms with E-state index < -0.39 is 23.6 Å². The van der Waals surface area contributed by atoms with E-state index >= 15 is 4.39 Å². The van der Waals surface area contributed by atoms with Crippen molar-refractivity contribution in [1.29, 1.82) is 0 Å². The SMILES string of the molecule is Cl.[C-]#[N+]C1(c2ccc(-c3ccc(N4C[C@H](CNC(=O)C5CC5)OC4=O)cc3F)cn2)[C@@H]2CNC[C@@H]21. The van der Waals surface area contributed by atoms with Gasteiger partial charge in [0.2, 0.25) is 5.91 Å². The molecule has 4 fully saturated rings. The minimum Gasteiger partial charge on any atom is -0.442 e. The molecule has 1 aromatic carbocycles. The number of pyridine rings is 1. The first kappa shape index (κ1) is 23.5. The highest BCUT2D eigenvalue weighted by Gasteiger charge is 2.76. The number of carbonyl (C=O) groups excluding carboxylic acids is 2. The fourth-order valence-electron chi connectivity index (χ4n) is 5.35. The first-order chi connectivity index (χ1) is 16.5. The van der Waals surface area contributed by atoms with Gasteiger partial charge >= 0.3 is 6.09 Å². The molecule has 4 aliphatic rings. The van der Waals surface area contributed by atoms with Gasteiger partial charge in [-0.2, -0.15) is 0 Å². The number of hydrogen-bond acceptors (Lipinski definition) is 5. The zero-order chi connectivity index (χ0) is 23.4. The van der Waals surface area contributed by atoms with Crippen molar-refractivity contribution in [3.8, 4) is 11.1 Å². The fourth-order valence-corrected chi connectivity index (χ4v) is 5.35. The average Bonchev–Trinajstić information content (AvgIpc) is 3.70. The summed E-state index contributed by atoms with van der Waals surface area (Å²) in [5.41, 5.74) is 1.59. The molecule has 1 unspecified atom stereocenters. The number of aromatic nitrogens is 1. The summed E-state index contributed by atoms with van der Waals surface area (Å²) in [6.45, 7) is 9.85. The van der Waals surface area contributed by atoms with Crippen molar-refractivity contribution < 1.29 is 18.7 Å². The average molecular weight is 498 g/mol. The van der Waals surface area contributed by atoms with Crippen LogP contribution in [-0.2, 0) is 15.1 Å². The molecular formula is C25H25ClFN5O3. The third-order valence-electron chi connectivity index (χ3n) is 7.50. The molecule has 6 rings (SSSR count). The minimum absolute atomic E-state index is 0. The Morgan fingerprint density at radius 3 is 2.69 bits per heavy atom. The van der Waals surface area contributed by atoms with E-state index in [2.05, 4.69) is 20.5 Å². The Bertz CT molecular complexity index is 1200. The van der Waals surface area contributed by atoms with E-state index in [-0.39, 0.29) is 37.3 Å². The van der Waals surface area contributed by atoms with Gasteiger partial charge in [-0.25, -0.2) is 15.8 Å². The lowest BCUT2D eigenvalue weighted by atomic mass is 10.0. The molecule has 35 heavy (non-hydrogen) atoms. The number of anilines is 1. The summed E-state index contributed by atoms with van der Waals surface area (Å²) in [4.78, 5) is 34.0. The van der Waals surface area contributed by atoms with Gasteiger partial charge < -0.3 is 20.2 Å². The number of rotatable bonds is 6. The largest absolute Gasteiger partial charge is 0.442 e. The number of fused-ring (bicyclic) bond motifs is 1. The zero-order valence-electron chi connectivity index (χ0n) is 18.9. The number of piperidine rings is 1. The quantitative estimate of drug-likeness (QED) is 0.599. The van der Waals surface area contributed by atoms with Crippen LogP contribution in [-0.4, -0.2) is 49.3 Å². The lowest BCUT2D eigenvalue weighted by molar-refractivity contribution is -0.122. The molecule has 2 saturated carbocycles. The number of amides is 2. The maximum atomic E-state index is 15.0. The normalized spacial score (nSPS) is 28.5. The lowest BCUT2D eigenvalue weighted by Gasteiger charge is -2.15. The number of benzene rings is 1. The van der Waals surface area contributed by atoms with E-state index in [0.29, 0.717) is 28.7 Å². The third-order valence-corrected chi connectivity index (χ3v) is 7.50. The van der Waals surface area contributed by atoms with Gasteiger partial charge in [0.15, 0.2) is 0 Å². The molecule has 10 heteroatoms. The second-order valence-corrected chi connectivity index (χ2v) is 9.54. The predicted octanol–water partition coefficient (Wildman–Crippen LogP) is 3.12. The Balaban J connectivity index is 0.00000253. The van der Waals surface area contributed by atoms with Crippen LogP contribution in [0.3, 0.4) is 0 Å². The van der Waals surface area contributed by atoms with Crippen LogP contribution in [0, 0.1) is 30.1 Å². The van der Waals surface area contributed by atoms with Gasteiger partial charge in [-0.3, -0.25) is 14.7 Å². The summed E-state index contributed by atoms with van der Waals surface area (Å²) < 4.78 is 20.4. The minimum atomic E-state index is -0.558. The van der Waals surface area contributed by atoms with E-state index in [4.69, 9.17) is 11.3 Å². The molecule has 2 aliphatic carbocycles. The van der Waals surface area contributed by atoms with Crippen molar-refractivity contribution in [3.63, 3.8) is 0 Å². The molecule has 3 heterocycles. The van der Waals surface area contributed by atoms with Crippen LogP contribution in [0.1, 0.15) is 18.5 Å². The second-order valence-electron chi connectivity index (χ2n) is 9.54. The lowest BCUT2D eigenvalue weighted by Crippen LogP contribution is -2.35. The highest BCUT2D eigenvalue weighted by Crippen LogP contribution is 2.62. The van der Waals surface area contributed by atoms with Crippen LogP contribution in [0.4, 0.5) is 14.9 Å². The van der Waals surface area contributed by atoms with Crippen LogP contribution in [0.25, 0.3) is 16.0 Å². The summed E-state index contributed by atoms with van der Waals surface area (Å²) in [6, 6.07) is 8.25. The van der Waals surface area contributed by atoms with Crippen molar-refractivity contribution in [1.82, 2.24) is 15.6 Å². The molecule has 2 amide bonds. The maximum absolute atomic E-state index is 15.0. The van der Waals surface area contributed by atoms with Crippen molar-refractivity contribution in [2.75, 3.05) is 31.1 Å². The van der Waals surface area contributed by atoms with E-state index in [1.165, 1.54) is 11.0 Å². The van der Waals surface area contributed by atoms with Crippen molar-refractivity contribution in [3.05, 3.63) is 59.5 Å². The van der Waals surface area contributed by atoms with E-state index in [9.17, 15) is 9.59 Å². The molecule has 0 spiro atoms. The Hall–Kier alpha value is -3.22. The third kappa shape index (κ3) is 3.91. The van der Waals surface area contributed by atoms with Gasteiger partial charge in [-0.05, 0) is 37.1 Å². The monoisotopic (exact) mass is 497 g/mol. The van der Waals surface area contributed by atoms with Crippen molar-refractivity contribution in [2.45, 2.75) is 24.5 Å². The Morgan fingerprint density at radius 2 is 2.06 bits per heavy atom. The van der Waals surface area contributed by atoms with E-state index in [0.717, 1.165) is 31.6 Å². The van der Waals surface area contributed by atoms with E-state index in [1.54, 1.807) is 24.4 Å². The zero-order valence-corrected chi connectivity index (χ0v) is 19.7. The summed E-state index contributed by atoms with van der Waals surface area (Å²) in [6.07, 6.45) is 2.40. The van der Waals surface area contributed by atoms with Gasteiger partial charge in [0.1, 0.15) is 17.6 Å². The van der Waals surface area contributed by atoms with Crippen molar-refractivity contribution in [2.24, 2.45) is 17.8 Å². The van der Waals surface area contributed by atoms with Crippen LogP contribution in [0.2, 0.25) is 0 Å². The molecule has 2 saturated heterocycles. The number of cyclic esters (lactones) is 1. The first-order valence-electron chi connectivity index (χ1n) is 11.6. The number of ether oxygens (including phenoxy) is 1. The Morgan fingerprint density at radius 1 is 1.29 bits per heavy atom. The van der Waals surface area contributed by atoms with Crippen LogP contribution in [0.15, 0.2) is 36.5 Å².